The number of hydrogen-bond donors (Lipinski definition) is 0. The minimum Gasteiger partial charge on any atom is -0.473 e. The highest BCUT2D eigenvalue weighted by molar-refractivity contribution is 14.1. The van der Waals surface area contributed by atoms with Crippen LogP contribution in [-0.2, 0) is 0 Å². The minimum absolute atomic E-state index is 0.661. The molecule has 1 aliphatic rings. The molecule has 0 radical (unpaired) electrons. The fourth-order valence-corrected chi connectivity index (χ4v) is 1.90. The lowest BCUT2D eigenvalue weighted by Gasteiger charge is -2.17. The molecule has 1 aliphatic heterocycles. The van der Waals surface area contributed by atoms with E-state index in [1.807, 2.05) is 34.7 Å². The molecule has 3 heteroatoms. The van der Waals surface area contributed by atoms with Crippen LogP contribution >= 0.6 is 22.6 Å². The molecule has 0 aliphatic carbocycles. The summed E-state index contributed by atoms with van der Waals surface area (Å²) < 4.78 is 18.2. The first-order valence-corrected chi connectivity index (χ1v) is 4.80. The molecular formula is C9H8FIO. The molecule has 0 fully saturated rings. The van der Waals surface area contributed by atoms with Gasteiger partial charge in [-0.2, -0.15) is 0 Å². The topological polar surface area (TPSA) is 9.23 Å². The average molecular weight is 278 g/mol. The van der Waals surface area contributed by atoms with Gasteiger partial charge in [0.2, 0.25) is 0 Å². The van der Waals surface area contributed by atoms with Gasteiger partial charge in [0.05, 0.1) is 0 Å². The molecule has 64 valence electrons. The van der Waals surface area contributed by atoms with Crippen molar-refractivity contribution in [2.75, 3.05) is 0 Å². The number of halogens is 2. The van der Waals surface area contributed by atoms with Crippen molar-refractivity contribution >= 4 is 22.6 Å². The first kappa shape index (κ1) is 8.29. The van der Waals surface area contributed by atoms with Crippen molar-refractivity contribution in [2.24, 2.45) is 0 Å². The molecule has 1 heterocycles. The van der Waals surface area contributed by atoms with Gasteiger partial charge < -0.3 is 4.74 Å². The van der Waals surface area contributed by atoms with E-state index in [0.717, 1.165) is 0 Å². The van der Waals surface area contributed by atoms with E-state index in [2.05, 4.69) is 0 Å². The quantitative estimate of drug-likeness (QED) is 0.523. The Balaban J connectivity index is 2.49. The molecule has 0 saturated carbocycles. The Labute approximate surface area is 84.1 Å². The number of rotatable bonds is 0. The van der Waals surface area contributed by atoms with Crippen molar-refractivity contribution < 1.29 is 9.13 Å². The summed E-state index contributed by atoms with van der Waals surface area (Å²) in [5.41, 5.74) is 0.661. The molecule has 0 N–H and O–H groups in total. The highest BCUT2D eigenvalue weighted by Crippen LogP contribution is 2.48. The van der Waals surface area contributed by atoms with E-state index in [0.29, 0.717) is 11.3 Å². The number of alkyl halides is 2. The molecule has 0 spiro atoms. The lowest BCUT2D eigenvalue weighted by atomic mass is 10.1. The average Bonchev–Trinajstić information content (AvgIpc) is 2.24. The summed E-state index contributed by atoms with van der Waals surface area (Å²) in [7, 11) is 0. The van der Waals surface area contributed by atoms with Crippen LogP contribution in [0.5, 0.6) is 5.75 Å². The molecule has 2 rings (SSSR count). The van der Waals surface area contributed by atoms with Gasteiger partial charge in [0, 0.05) is 5.56 Å². The van der Waals surface area contributed by atoms with E-state index >= 15 is 0 Å². The van der Waals surface area contributed by atoms with E-state index in [4.69, 9.17) is 4.74 Å². The van der Waals surface area contributed by atoms with Crippen molar-refractivity contribution in [1.82, 2.24) is 0 Å². The Morgan fingerprint density at radius 2 is 2.17 bits per heavy atom. The molecule has 0 amide bonds. The molecule has 0 bridgehead atoms. The van der Waals surface area contributed by atoms with Crippen molar-refractivity contribution in [3.05, 3.63) is 29.8 Å². The first-order valence-electron chi connectivity index (χ1n) is 3.72. The van der Waals surface area contributed by atoms with Crippen LogP contribution in [0.3, 0.4) is 0 Å². The van der Waals surface area contributed by atoms with Gasteiger partial charge in [0.1, 0.15) is 5.75 Å². The van der Waals surface area contributed by atoms with Crippen LogP contribution in [0.25, 0.3) is 0 Å². The van der Waals surface area contributed by atoms with Crippen LogP contribution in [0.1, 0.15) is 18.7 Å². The number of fused-ring (bicyclic) bond motifs is 1. The third-order valence-electron chi connectivity index (χ3n) is 1.95. The zero-order valence-corrected chi connectivity index (χ0v) is 8.71. The fourth-order valence-electron chi connectivity index (χ4n) is 1.33. The van der Waals surface area contributed by atoms with E-state index < -0.39 is 9.78 Å². The molecule has 0 saturated heterocycles. The van der Waals surface area contributed by atoms with E-state index in [1.165, 1.54) is 0 Å². The second-order valence-corrected chi connectivity index (χ2v) is 5.13. The van der Waals surface area contributed by atoms with E-state index in [9.17, 15) is 4.39 Å². The van der Waals surface area contributed by atoms with Crippen molar-refractivity contribution in [3.8, 4) is 5.75 Å². The van der Waals surface area contributed by atoms with Gasteiger partial charge >= 0.3 is 0 Å². The largest absolute Gasteiger partial charge is 0.473 e. The summed E-state index contributed by atoms with van der Waals surface area (Å²) in [5, 5.41) is 0. The maximum absolute atomic E-state index is 13.6. The van der Waals surface area contributed by atoms with Crippen molar-refractivity contribution in [3.63, 3.8) is 0 Å². The molecular weight excluding hydrogens is 270 g/mol. The van der Waals surface area contributed by atoms with Crippen molar-refractivity contribution in [2.45, 2.75) is 16.7 Å². The Morgan fingerprint density at radius 3 is 2.83 bits per heavy atom. The monoisotopic (exact) mass is 278 g/mol. The third-order valence-corrected chi connectivity index (χ3v) is 2.72. The molecule has 2 atom stereocenters. The Kier molecular flexibility index (Phi) is 1.78. The maximum Gasteiger partial charge on any atom is 0.191 e. The van der Waals surface area contributed by atoms with Gasteiger partial charge in [-0.25, -0.2) is 4.39 Å². The minimum atomic E-state index is -1.02. The van der Waals surface area contributed by atoms with Crippen LogP contribution in [0.4, 0.5) is 4.39 Å². The third kappa shape index (κ3) is 1.11. The second-order valence-electron chi connectivity index (χ2n) is 2.99. The summed E-state index contributed by atoms with van der Waals surface area (Å²) in [4.78, 5) is 0. The normalized spacial score (nSPS) is 32.8. The van der Waals surface area contributed by atoms with Crippen LogP contribution in [0, 0.1) is 0 Å². The summed E-state index contributed by atoms with van der Waals surface area (Å²) in [6.45, 7) is 1.75. The van der Waals surface area contributed by atoms with Gasteiger partial charge in [-0.05, 0) is 35.6 Å². The van der Waals surface area contributed by atoms with Gasteiger partial charge in [-0.15, -0.1) is 0 Å². The zero-order chi connectivity index (χ0) is 8.77. The standard InChI is InChI=1S/C9H8FIO/c1-9(11)8(10)6-4-2-3-5-7(6)12-9/h2-5,8H,1H3. The van der Waals surface area contributed by atoms with Crippen LogP contribution in [0.2, 0.25) is 0 Å². The molecule has 1 aromatic carbocycles. The fraction of sp³-hybridized carbons (Fsp3) is 0.333. The van der Waals surface area contributed by atoms with Crippen LogP contribution in [0.15, 0.2) is 24.3 Å². The number of para-hydroxylation sites is 1. The van der Waals surface area contributed by atoms with Gasteiger partial charge in [-0.1, -0.05) is 18.2 Å². The Morgan fingerprint density at radius 1 is 1.50 bits per heavy atom. The highest BCUT2D eigenvalue weighted by Gasteiger charge is 2.42. The smallest absolute Gasteiger partial charge is 0.191 e. The predicted molar refractivity (Wildman–Crippen MR) is 53.3 cm³/mol. The summed E-state index contributed by atoms with van der Waals surface area (Å²) in [5.74, 6) is 0.668. The van der Waals surface area contributed by atoms with Gasteiger partial charge in [0.25, 0.3) is 0 Å². The predicted octanol–water partition coefficient (Wildman–Crippen LogP) is 3.24. The molecule has 12 heavy (non-hydrogen) atoms. The Hall–Kier alpha value is -0.320. The molecule has 0 aromatic heterocycles. The van der Waals surface area contributed by atoms with Crippen LogP contribution < -0.4 is 4.74 Å². The Bertz CT molecular complexity index is 311. The lowest BCUT2D eigenvalue weighted by molar-refractivity contribution is 0.138. The maximum atomic E-state index is 13.6. The summed E-state index contributed by atoms with van der Waals surface area (Å²) in [6, 6.07) is 7.24. The van der Waals surface area contributed by atoms with Crippen molar-refractivity contribution in [1.29, 1.82) is 0 Å². The van der Waals surface area contributed by atoms with Gasteiger partial charge in [0.15, 0.2) is 9.78 Å². The number of hydrogen-bond acceptors (Lipinski definition) is 1. The number of ether oxygens (including phenoxy) is 1. The van der Waals surface area contributed by atoms with E-state index in [1.54, 1.807) is 19.1 Å². The summed E-state index contributed by atoms with van der Waals surface area (Å²) >= 11 is 1.99. The molecule has 1 aromatic rings. The van der Waals surface area contributed by atoms with Gasteiger partial charge in [-0.3, -0.25) is 0 Å². The highest BCUT2D eigenvalue weighted by atomic mass is 127. The summed E-state index contributed by atoms with van der Waals surface area (Å²) in [6.07, 6.45) is -1.02. The number of benzene rings is 1. The first-order chi connectivity index (χ1) is 5.61. The zero-order valence-electron chi connectivity index (χ0n) is 6.55. The lowest BCUT2D eigenvalue weighted by Crippen LogP contribution is -2.23. The SMILES string of the molecule is CC1(I)Oc2ccccc2C1F. The molecule has 1 nitrogen and oxygen atoms in total. The second kappa shape index (κ2) is 2.58. The van der Waals surface area contributed by atoms with E-state index in [-0.39, 0.29) is 0 Å². The molecule has 2 unspecified atom stereocenters. The van der Waals surface area contributed by atoms with Crippen LogP contribution in [-0.4, -0.2) is 3.61 Å².